The van der Waals surface area contributed by atoms with E-state index in [4.69, 9.17) is 0 Å². The van der Waals surface area contributed by atoms with Crippen LogP contribution in [0.4, 0.5) is 0 Å². The molecule has 0 atom stereocenters. The summed E-state index contributed by atoms with van der Waals surface area (Å²) in [6.07, 6.45) is 1.66. The Morgan fingerprint density at radius 2 is 2.00 bits per heavy atom. The van der Waals surface area contributed by atoms with Crippen LogP contribution in [-0.4, -0.2) is 13.7 Å². The average Bonchev–Trinajstić information content (AvgIpc) is 2.44. The highest BCUT2D eigenvalue weighted by Crippen LogP contribution is 2.25. The molecule has 1 aliphatic carbocycles. The lowest BCUT2D eigenvalue weighted by molar-refractivity contribution is -0.424. The molecular formula is C4H9NO2S. The van der Waals surface area contributed by atoms with Gasteiger partial charge in [0.1, 0.15) is 5.25 Å². The predicted octanol–water partition coefficient (Wildman–Crippen LogP) is -1.17. The van der Waals surface area contributed by atoms with Gasteiger partial charge in [0.15, 0.2) is 0 Å². The van der Waals surface area contributed by atoms with Crippen molar-refractivity contribution < 1.29 is 13.1 Å². The van der Waals surface area contributed by atoms with Gasteiger partial charge < -0.3 is 4.72 Å². The summed E-state index contributed by atoms with van der Waals surface area (Å²) in [4.78, 5) is 0. The molecule has 1 aliphatic rings. The minimum Gasteiger partial charge on any atom is -0.371 e. The number of primary sulfonamides is 1. The molecule has 4 heteroatoms. The zero-order chi connectivity index (χ0) is 6.20. The van der Waals surface area contributed by atoms with Crippen molar-refractivity contribution in [1.82, 2.24) is 0 Å². The van der Waals surface area contributed by atoms with Crippen LogP contribution in [0, 0.1) is 7.05 Å². The lowest BCUT2D eigenvalue weighted by Gasteiger charge is -1.96. The van der Waals surface area contributed by atoms with Gasteiger partial charge >= 0.3 is 0 Å². The van der Waals surface area contributed by atoms with E-state index in [-0.39, 0.29) is 5.25 Å². The summed E-state index contributed by atoms with van der Waals surface area (Å²) in [6.45, 7) is 0. The fourth-order valence-corrected chi connectivity index (χ4v) is 1.60. The molecule has 0 aliphatic heterocycles. The summed E-state index contributed by atoms with van der Waals surface area (Å²) < 4.78 is 22.3. The number of quaternary nitrogens is 1. The van der Waals surface area contributed by atoms with E-state index in [0.717, 1.165) is 17.6 Å². The van der Waals surface area contributed by atoms with Gasteiger partial charge in [-0.15, -0.1) is 7.05 Å². The van der Waals surface area contributed by atoms with Gasteiger partial charge in [-0.3, -0.25) is 0 Å². The molecule has 1 saturated carbocycles. The zero-order valence-electron chi connectivity index (χ0n) is 4.50. The lowest BCUT2D eigenvalue weighted by Crippen LogP contribution is -2.81. The van der Waals surface area contributed by atoms with Crippen LogP contribution >= 0.6 is 0 Å². The van der Waals surface area contributed by atoms with Crippen molar-refractivity contribution in [3.05, 3.63) is 7.05 Å². The molecule has 48 valence electrons. The largest absolute Gasteiger partial charge is 0.371 e. The normalized spacial score (nSPS) is 21.1. The van der Waals surface area contributed by atoms with Gasteiger partial charge in [0.2, 0.25) is 0 Å². The Bertz CT molecular complexity index is 168. The average molecular weight is 135 g/mol. The molecule has 0 aromatic heterocycles. The van der Waals surface area contributed by atoms with Crippen LogP contribution in [0.25, 0.3) is 0 Å². The molecule has 0 spiro atoms. The first-order valence-corrected chi connectivity index (χ1v) is 4.14. The summed E-state index contributed by atoms with van der Waals surface area (Å²) in [5.74, 6) is 0. The summed E-state index contributed by atoms with van der Waals surface area (Å²) in [6, 6.07) is 0. The van der Waals surface area contributed by atoms with E-state index < -0.39 is 10.0 Å². The molecule has 2 N–H and O–H groups in total. The standard InChI is InChI=1S/C4H9NO2S/c1-5-8(6,7)4-2-3-4/h4H,1-3,5H2. The first-order chi connectivity index (χ1) is 3.67. The van der Waals surface area contributed by atoms with E-state index in [2.05, 4.69) is 7.05 Å². The van der Waals surface area contributed by atoms with E-state index in [1.165, 1.54) is 0 Å². The van der Waals surface area contributed by atoms with Crippen LogP contribution in [0.15, 0.2) is 0 Å². The van der Waals surface area contributed by atoms with Crippen LogP contribution in [0.3, 0.4) is 0 Å². The minimum absolute atomic E-state index is 0.0833. The van der Waals surface area contributed by atoms with Gasteiger partial charge in [0.05, 0.1) is 0 Å². The fourth-order valence-electron chi connectivity index (χ4n) is 0.533. The second-order valence-corrected chi connectivity index (χ2v) is 4.13. The molecule has 0 aromatic carbocycles. The van der Waals surface area contributed by atoms with Crippen molar-refractivity contribution in [2.75, 3.05) is 0 Å². The molecule has 3 nitrogen and oxygen atoms in total. The van der Waals surface area contributed by atoms with Gasteiger partial charge in [-0.2, -0.15) is 8.42 Å². The maximum atomic E-state index is 10.6. The van der Waals surface area contributed by atoms with Crippen LogP contribution in [-0.2, 0) is 10.0 Å². The zero-order valence-corrected chi connectivity index (χ0v) is 5.32. The lowest BCUT2D eigenvalue weighted by atomic mass is 11.0. The second-order valence-electron chi connectivity index (χ2n) is 1.96. The highest BCUT2D eigenvalue weighted by atomic mass is 32.2. The molecule has 0 unspecified atom stereocenters. The third-order valence-corrected chi connectivity index (χ3v) is 3.09. The van der Waals surface area contributed by atoms with E-state index in [0.29, 0.717) is 0 Å². The molecule has 0 radical (unpaired) electrons. The summed E-state index contributed by atoms with van der Waals surface area (Å²) in [5.41, 5.74) is 0. The van der Waals surface area contributed by atoms with Crippen LogP contribution in [0.5, 0.6) is 0 Å². The highest BCUT2D eigenvalue weighted by Gasteiger charge is 2.36. The molecular weight excluding hydrogens is 126 g/mol. The molecule has 1 rings (SSSR count). The van der Waals surface area contributed by atoms with Crippen molar-refractivity contribution in [1.29, 1.82) is 0 Å². The molecule has 1 fully saturated rings. The van der Waals surface area contributed by atoms with Gasteiger partial charge in [-0.25, -0.2) is 0 Å². The maximum absolute atomic E-state index is 10.6. The smallest absolute Gasteiger partial charge is 0.272 e. The third kappa shape index (κ3) is 1.00. The Labute approximate surface area is 49.1 Å². The fraction of sp³-hybridized carbons (Fsp3) is 0.750. The van der Waals surface area contributed by atoms with Crippen molar-refractivity contribution in [3.8, 4) is 0 Å². The van der Waals surface area contributed by atoms with Crippen LogP contribution in [0.1, 0.15) is 12.8 Å². The Hall–Kier alpha value is -0.0900. The number of hydrogen-bond donors (Lipinski definition) is 1. The molecule has 0 amide bonds. The van der Waals surface area contributed by atoms with Crippen molar-refractivity contribution in [3.63, 3.8) is 0 Å². The molecule has 8 heavy (non-hydrogen) atoms. The topological polar surface area (TPSA) is 50.8 Å². The monoisotopic (exact) mass is 135 g/mol. The summed E-state index contributed by atoms with van der Waals surface area (Å²) in [7, 11) is 0.345. The number of rotatable bonds is 2. The Morgan fingerprint density at radius 3 is 2.12 bits per heavy atom. The first-order valence-electron chi connectivity index (χ1n) is 2.53. The van der Waals surface area contributed by atoms with E-state index in [1.54, 1.807) is 0 Å². The highest BCUT2D eigenvalue weighted by molar-refractivity contribution is 7.85. The maximum Gasteiger partial charge on any atom is 0.272 e. The minimum atomic E-state index is -2.86. The summed E-state index contributed by atoms with van der Waals surface area (Å²) in [5, 5.41) is -0.0833. The molecule has 0 heterocycles. The van der Waals surface area contributed by atoms with E-state index in [9.17, 15) is 8.42 Å². The van der Waals surface area contributed by atoms with Crippen molar-refractivity contribution in [2.24, 2.45) is 0 Å². The third-order valence-electron chi connectivity index (χ3n) is 1.22. The number of hydrogen-bond acceptors (Lipinski definition) is 2. The molecule has 0 aromatic rings. The molecule has 0 bridgehead atoms. The van der Waals surface area contributed by atoms with Crippen molar-refractivity contribution >= 4 is 10.0 Å². The predicted molar refractivity (Wildman–Crippen MR) is 29.2 cm³/mol. The second kappa shape index (κ2) is 1.70. The quantitative estimate of drug-likeness (QED) is 0.485. The van der Waals surface area contributed by atoms with Gasteiger partial charge in [-0.05, 0) is 12.8 Å². The van der Waals surface area contributed by atoms with Gasteiger partial charge in [-0.1, -0.05) is 0 Å². The van der Waals surface area contributed by atoms with E-state index >= 15 is 0 Å². The van der Waals surface area contributed by atoms with Crippen LogP contribution in [0.2, 0.25) is 0 Å². The van der Waals surface area contributed by atoms with Crippen molar-refractivity contribution in [2.45, 2.75) is 18.1 Å². The first kappa shape index (κ1) is 6.04. The Kier molecular flexibility index (Phi) is 1.28. The Morgan fingerprint density at radius 1 is 1.50 bits per heavy atom. The van der Waals surface area contributed by atoms with Crippen LogP contribution < -0.4 is 4.72 Å². The number of nitrogens with two attached hydrogens (primary N) is 1. The SMILES string of the molecule is [CH2-][NH2+]S(=O)(=O)C1CC1. The number of sulfonamides is 1. The van der Waals surface area contributed by atoms with E-state index in [1.807, 2.05) is 0 Å². The Balaban J connectivity index is 2.65. The molecule has 0 saturated heterocycles. The summed E-state index contributed by atoms with van der Waals surface area (Å²) >= 11 is 0. The van der Waals surface area contributed by atoms with Gasteiger partial charge in [0, 0.05) is 0 Å². The van der Waals surface area contributed by atoms with Gasteiger partial charge in [0.25, 0.3) is 10.0 Å².